The second-order valence-corrected chi connectivity index (χ2v) is 18.5. The molecular weight excluding hydrogens is 811 g/mol. The average Bonchev–Trinajstić information content (AvgIpc) is 3.95. The first kappa shape index (κ1) is 62.4. The van der Waals surface area contributed by atoms with Crippen molar-refractivity contribution in [2.45, 2.75) is 104 Å². The van der Waals surface area contributed by atoms with Gasteiger partial charge in [0.15, 0.2) is 0 Å². The lowest BCUT2D eigenvalue weighted by atomic mass is 10.5. The van der Waals surface area contributed by atoms with E-state index < -0.39 is 0 Å². The van der Waals surface area contributed by atoms with Crippen LogP contribution in [0.5, 0.6) is 0 Å². The summed E-state index contributed by atoms with van der Waals surface area (Å²) in [5.74, 6) is 0. The molecule has 0 aromatic rings. The zero-order valence-corrected chi connectivity index (χ0v) is 46.5. The van der Waals surface area contributed by atoms with Gasteiger partial charge in [-0.1, -0.05) is 104 Å². The third kappa shape index (κ3) is 26.8. The van der Waals surface area contributed by atoms with E-state index in [1.54, 1.807) is 0 Å². The Bertz CT molecular complexity index is 806. The highest BCUT2D eigenvalue weighted by atomic mass is 15.4. The van der Waals surface area contributed by atoms with Crippen LogP contribution >= 0.6 is 0 Å². The molecule has 5 aliphatic heterocycles. The van der Waals surface area contributed by atoms with Gasteiger partial charge in [0.25, 0.3) is 0 Å². The lowest BCUT2D eigenvalue weighted by Gasteiger charge is -2.26. The minimum Gasteiger partial charge on any atom is -0.289 e. The predicted octanol–water partition coefficient (Wildman–Crippen LogP) is 4.40. The van der Waals surface area contributed by atoms with Crippen molar-refractivity contribution < 1.29 is 0 Å². The summed E-state index contributed by atoms with van der Waals surface area (Å²) < 4.78 is 0. The predicted molar refractivity (Wildman–Crippen MR) is 283 cm³/mol. The molecule has 0 spiro atoms. The summed E-state index contributed by atoms with van der Waals surface area (Å²) in [6.45, 7) is 74.9. The maximum atomic E-state index is 2.51. The van der Waals surface area contributed by atoms with E-state index >= 15 is 0 Å². The first-order valence-electron chi connectivity index (χ1n) is 27.3. The van der Waals surface area contributed by atoms with E-state index in [0.717, 1.165) is 99.4 Å². The van der Waals surface area contributed by atoms with Crippen LogP contribution in [0.4, 0.5) is 0 Å². The van der Waals surface area contributed by atoms with Crippen LogP contribution < -0.4 is 0 Å². The minimum atomic E-state index is 1.14. The van der Waals surface area contributed by atoms with Gasteiger partial charge in [-0.25, -0.2) is 0 Å². The fourth-order valence-corrected chi connectivity index (χ4v) is 8.75. The molecule has 390 valence electrons. The molecule has 0 radical (unpaired) electrons. The molecule has 0 unspecified atom stereocenters. The Morgan fingerprint density at radius 2 is 0.215 bits per heavy atom. The van der Waals surface area contributed by atoms with Gasteiger partial charge in [-0.3, -0.25) is 73.5 Å². The van der Waals surface area contributed by atoms with Crippen LogP contribution in [0.1, 0.15) is 104 Å². The lowest BCUT2D eigenvalue weighted by molar-refractivity contribution is 0.133. The third-order valence-corrected chi connectivity index (χ3v) is 14.4. The SMILES string of the molecule is CCN1CCN(CC)CN(CC)C1.CCN1CCN(CC)CN(CC)C1.CCN1CCN(CC)CN(CC)C1.CCN1CCN(CC)CN(CC)C1.CCN1CCN(CC)CN(CC)C1. The van der Waals surface area contributed by atoms with Crippen molar-refractivity contribution in [3.05, 3.63) is 0 Å². The minimum absolute atomic E-state index is 1.14. The van der Waals surface area contributed by atoms with Gasteiger partial charge in [0, 0.05) is 65.4 Å². The monoisotopic (exact) mass is 926 g/mol. The van der Waals surface area contributed by atoms with E-state index in [1.807, 2.05) is 0 Å². The number of nitrogens with zero attached hydrogens (tertiary/aromatic N) is 15. The molecule has 5 aliphatic rings. The van der Waals surface area contributed by atoms with E-state index in [9.17, 15) is 0 Å². The highest BCUT2D eigenvalue weighted by Crippen LogP contribution is 2.07. The van der Waals surface area contributed by atoms with Gasteiger partial charge in [0.05, 0.1) is 66.7 Å². The molecule has 5 heterocycles. The van der Waals surface area contributed by atoms with Gasteiger partial charge in [0.1, 0.15) is 0 Å². The molecule has 5 saturated heterocycles. The molecule has 0 amide bonds. The second kappa shape index (κ2) is 39.2. The summed E-state index contributed by atoms with van der Waals surface area (Å²) in [6, 6.07) is 0. The standard InChI is InChI=1S/5C10H23N3/c5*1-4-11-7-8-12(5-2)10-13(6-3)9-11/h5*4-10H2,1-3H3. The first-order chi connectivity index (χ1) is 31.5. The van der Waals surface area contributed by atoms with E-state index in [1.165, 1.54) is 131 Å². The third-order valence-electron chi connectivity index (χ3n) is 14.4. The summed E-state index contributed by atoms with van der Waals surface area (Å²) in [4.78, 5) is 37.6. The van der Waals surface area contributed by atoms with E-state index in [2.05, 4.69) is 177 Å². The van der Waals surface area contributed by atoms with Crippen molar-refractivity contribution in [1.82, 2.24) is 73.5 Å². The van der Waals surface area contributed by atoms with Crippen molar-refractivity contribution in [1.29, 1.82) is 0 Å². The summed E-state index contributed by atoms with van der Waals surface area (Å²) in [5.41, 5.74) is 0. The number of rotatable bonds is 15. The van der Waals surface area contributed by atoms with Gasteiger partial charge < -0.3 is 0 Å². The maximum Gasteiger partial charge on any atom is 0.0518 e. The van der Waals surface area contributed by atoms with Crippen LogP contribution in [0, 0.1) is 0 Å². The zero-order valence-electron chi connectivity index (χ0n) is 46.5. The van der Waals surface area contributed by atoms with Crippen LogP contribution in [0.3, 0.4) is 0 Å². The number of likely N-dealkylation sites (N-methyl/N-ethyl adjacent to an activating group) is 10. The Kier molecular flexibility index (Phi) is 37.6. The zero-order chi connectivity index (χ0) is 48.4. The van der Waals surface area contributed by atoms with Crippen LogP contribution in [-0.4, -0.2) is 304 Å². The molecule has 5 rings (SSSR count). The van der Waals surface area contributed by atoms with Crippen molar-refractivity contribution in [2.75, 3.05) is 230 Å². The highest BCUT2D eigenvalue weighted by molar-refractivity contribution is 4.72. The molecule has 5 fully saturated rings. The Balaban J connectivity index is 0.000000406. The van der Waals surface area contributed by atoms with Gasteiger partial charge in [0.2, 0.25) is 0 Å². The summed E-state index contributed by atoms with van der Waals surface area (Å²) >= 11 is 0. The quantitative estimate of drug-likeness (QED) is 0.233. The fraction of sp³-hybridized carbons (Fsp3) is 1.00. The molecular formula is C50H115N15. The molecule has 0 atom stereocenters. The molecule has 0 saturated carbocycles. The fourth-order valence-electron chi connectivity index (χ4n) is 8.75. The van der Waals surface area contributed by atoms with E-state index in [-0.39, 0.29) is 0 Å². The number of hydrogen-bond acceptors (Lipinski definition) is 15. The smallest absolute Gasteiger partial charge is 0.0518 e. The summed E-state index contributed by atoms with van der Waals surface area (Å²) in [5, 5.41) is 0. The first-order valence-corrected chi connectivity index (χ1v) is 27.3. The maximum absolute atomic E-state index is 2.51. The summed E-state index contributed by atoms with van der Waals surface area (Å²) in [6.07, 6.45) is 0. The van der Waals surface area contributed by atoms with Crippen molar-refractivity contribution in [2.24, 2.45) is 0 Å². The largest absolute Gasteiger partial charge is 0.289 e. The highest BCUT2D eigenvalue weighted by Gasteiger charge is 2.21. The number of hydrogen-bond donors (Lipinski definition) is 0. The molecule has 0 N–H and O–H groups in total. The van der Waals surface area contributed by atoms with Gasteiger partial charge in [-0.2, -0.15) is 0 Å². The average molecular weight is 927 g/mol. The normalized spacial score (nSPS) is 23.3. The Morgan fingerprint density at radius 1 is 0.138 bits per heavy atom. The van der Waals surface area contributed by atoms with Gasteiger partial charge in [-0.05, 0) is 98.2 Å². The Hall–Kier alpha value is -0.600. The Labute approximate surface area is 406 Å². The second-order valence-electron chi connectivity index (χ2n) is 18.5. The van der Waals surface area contributed by atoms with Crippen LogP contribution in [-0.2, 0) is 0 Å². The molecule has 0 aliphatic carbocycles. The van der Waals surface area contributed by atoms with Crippen molar-refractivity contribution in [3.63, 3.8) is 0 Å². The van der Waals surface area contributed by atoms with Crippen LogP contribution in [0.15, 0.2) is 0 Å². The Morgan fingerprint density at radius 3 is 0.277 bits per heavy atom. The van der Waals surface area contributed by atoms with Crippen LogP contribution in [0.25, 0.3) is 0 Å². The van der Waals surface area contributed by atoms with Gasteiger partial charge in [-0.15, -0.1) is 0 Å². The van der Waals surface area contributed by atoms with E-state index in [0.29, 0.717) is 0 Å². The molecule has 15 nitrogen and oxygen atoms in total. The molecule has 15 heteroatoms. The van der Waals surface area contributed by atoms with Crippen molar-refractivity contribution >= 4 is 0 Å². The van der Waals surface area contributed by atoms with Crippen molar-refractivity contribution in [3.8, 4) is 0 Å². The van der Waals surface area contributed by atoms with Gasteiger partial charge >= 0.3 is 0 Å². The molecule has 65 heavy (non-hydrogen) atoms. The molecule has 0 bridgehead atoms. The molecule has 0 aromatic carbocycles. The van der Waals surface area contributed by atoms with E-state index in [4.69, 9.17) is 0 Å². The summed E-state index contributed by atoms with van der Waals surface area (Å²) in [7, 11) is 0. The van der Waals surface area contributed by atoms with Crippen LogP contribution in [0.2, 0.25) is 0 Å². The molecule has 0 aromatic heterocycles. The topological polar surface area (TPSA) is 48.6 Å². The lowest BCUT2D eigenvalue weighted by Crippen LogP contribution is -2.38.